The highest BCUT2D eigenvalue weighted by molar-refractivity contribution is 5.70. The zero-order valence-electron chi connectivity index (χ0n) is 10.7. The Kier molecular flexibility index (Phi) is 4.30. The predicted molar refractivity (Wildman–Crippen MR) is 66.6 cm³/mol. The largest absolute Gasteiger partial charge is 0.481 e. The van der Waals surface area contributed by atoms with Gasteiger partial charge in [-0.3, -0.25) is 9.69 Å². The summed E-state index contributed by atoms with van der Waals surface area (Å²) in [5.41, 5.74) is 0.389. The molecule has 0 bridgehead atoms. The Morgan fingerprint density at radius 3 is 2.50 bits per heavy atom. The molecule has 20 heavy (non-hydrogen) atoms. The molecule has 1 aromatic rings. The first kappa shape index (κ1) is 14.4. The van der Waals surface area contributed by atoms with Crippen LogP contribution in [0.25, 0.3) is 0 Å². The average molecular weight is 280 g/mol. The Morgan fingerprint density at radius 2 is 2.00 bits per heavy atom. The van der Waals surface area contributed by atoms with Crippen molar-refractivity contribution < 1.29 is 18.7 Å². The van der Waals surface area contributed by atoms with Crippen molar-refractivity contribution in [1.82, 2.24) is 4.90 Å². The van der Waals surface area contributed by atoms with Crippen molar-refractivity contribution in [3.8, 4) is 6.07 Å². The van der Waals surface area contributed by atoms with Crippen LogP contribution >= 0.6 is 0 Å². The molecule has 4 nitrogen and oxygen atoms in total. The molecule has 0 radical (unpaired) electrons. The van der Waals surface area contributed by atoms with Gasteiger partial charge in [0.05, 0.1) is 12.0 Å². The van der Waals surface area contributed by atoms with E-state index < -0.39 is 29.6 Å². The third-order valence-corrected chi connectivity index (χ3v) is 3.63. The molecular weight excluding hydrogens is 266 g/mol. The summed E-state index contributed by atoms with van der Waals surface area (Å²) in [7, 11) is 0. The van der Waals surface area contributed by atoms with E-state index in [0.29, 0.717) is 31.5 Å². The maximum atomic E-state index is 13.2. The van der Waals surface area contributed by atoms with E-state index in [1.807, 2.05) is 0 Å². The Labute approximate surface area is 115 Å². The number of nitriles is 1. The van der Waals surface area contributed by atoms with Gasteiger partial charge < -0.3 is 5.11 Å². The molecule has 0 aliphatic carbocycles. The van der Waals surface area contributed by atoms with Crippen LogP contribution in [0.5, 0.6) is 0 Å². The molecule has 0 aromatic heterocycles. The maximum Gasteiger partial charge on any atom is 0.306 e. The number of rotatable bonds is 3. The number of hydrogen-bond acceptors (Lipinski definition) is 3. The van der Waals surface area contributed by atoms with Crippen LogP contribution in [0.4, 0.5) is 8.78 Å². The lowest BCUT2D eigenvalue weighted by atomic mass is 9.94. The van der Waals surface area contributed by atoms with E-state index in [4.69, 9.17) is 5.11 Å². The second-order valence-corrected chi connectivity index (χ2v) is 4.85. The number of likely N-dealkylation sites (tertiary alicyclic amines) is 1. The summed E-state index contributed by atoms with van der Waals surface area (Å²) in [6.45, 7) is 0.905. The first-order valence-corrected chi connectivity index (χ1v) is 6.34. The summed E-state index contributed by atoms with van der Waals surface area (Å²) in [6, 6.07) is 4.79. The van der Waals surface area contributed by atoms with Gasteiger partial charge in [-0.1, -0.05) is 6.07 Å². The van der Waals surface area contributed by atoms with Crippen LogP contribution < -0.4 is 0 Å². The second kappa shape index (κ2) is 5.97. The third-order valence-electron chi connectivity index (χ3n) is 3.63. The summed E-state index contributed by atoms with van der Waals surface area (Å²) < 4.78 is 26.1. The topological polar surface area (TPSA) is 64.3 Å². The highest BCUT2D eigenvalue weighted by Gasteiger charge is 2.29. The lowest BCUT2D eigenvalue weighted by molar-refractivity contribution is -0.143. The van der Waals surface area contributed by atoms with E-state index in [1.165, 1.54) is 6.07 Å². The minimum Gasteiger partial charge on any atom is -0.481 e. The van der Waals surface area contributed by atoms with Crippen molar-refractivity contribution in [2.45, 2.75) is 18.9 Å². The molecule has 2 rings (SSSR count). The molecule has 1 unspecified atom stereocenters. The number of hydrogen-bond donors (Lipinski definition) is 1. The van der Waals surface area contributed by atoms with Gasteiger partial charge in [0.2, 0.25) is 0 Å². The highest BCUT2D eigenvalue weighted by Crippen LogP contribution is 2.27. The van der Waals surface area contributed by atoms with Crippen molar-refractivity contribution in [3.05, 3.63) is 35.4 Å². The number of carbonyl (C=O) groups is 1. The van der Waals surface area contributed by atoms with Crippen LogP contribution in [0, 0.1) is 28.9 Å². The Hall–Kier alpha value is -2.00. The summed E-state index contributed by atoms with van der Waals surface area (Å²) >= 11 is 0. The van der Waals surface area contributed by atoms with Gasteiger partial charge in [0.1, 0.15) is 6.04 Å². The molecular formula is C14H14F2N2O2. The zero-order valence-corrected chi connectivity index (χ0v) is 10.7. The van der Waals surface area contributed by atoms with E-state index in [9.17, 15) is 18.8 Å². The normalized spacial score (nSPS) is 18.4. The fourth-order valence-electron chi connectivity index (χ4n) is 2.45. The van der Waals surface area contributed by atoms with Crippen molar-refractivity contribution in [3.63, 3.8) is 0 Å². The first-order valence-electron chi connectivity index (χ1n) is 6.34. The minimum atomic E-state index is -0.983. The molecule has 1 aliphatic rings. The van der Waals surface area contributed by atoms with Crippen LogP contribution in [0.1, 0.15) is 24.4 Å². The van der Waals surface area contributed by atoms with Crippen LogP contribution in [0.2, 0.25) is 0 Å². The summed E-state index contributed by atoms with van der Waals surface area (Å²) in [5.74, 6) is -3.15. The number of carboxylic acid groups (broad SMARTS) is 1. The van der Waals surface area contributed by atoms with Gasteiger partial charge >= 0.3 is 5.97 Å². The molecule has 1 saturated heterocycles. The van der Waals surface area contributed by atoms with Crippen LogP contribution in [-0.4, -0.2) is 29.1 Å². The second-order valence-electron chi connectivity index (χ2n) is 4.85. The molecule has 1 fully saturated rings. The van der Waals surface area contributed by atoms with Crippen molar-refractivity contribution in [2.24, 2.45) is 5.92 Å². The number of nitrogens with zero attached hydrogens (tertiary/aromatic N) is 2. The van der Waals surface area contributed by atoms with Crippen LogP contribution in [0.3, 0.4) is 0 Å². The quantitative estimate of drug-likeness (QED) is 0.923. The number of halogens is 2. The molecule has 1 aliphatic heterocycles. The van der Waals surface area contributed by atoms with E-state index in [1.54, 1.807) is 4.90 Å². The van der Waals surface area contributed by atoms with Crippen molar-refractivity contribution >= 4 is 5.97 Å². The number of carboxylic acids is 1. The van der Waals surface area contributed by atoms with Gasteiger partial charge in [0.15, 0.2) is 11.6 Å². The molecule has 0 saturated carbocycles. The lowest BCUT2D eigenvalue weighted by Crippen LogP contribution is -2.38. The summed E-state index contributed by atoms with van der Waals surface area (Å²) in [5, 5.41) is 18.2. The zero-order chi connectivity index (χ0) is 14.7. The first-order chi connectivity index (χ1) is 9.52. The van der Waals surface area contributed by atoms with E-state index in [-0.39, 0.29) is 0 Å². The fourth-order valence-corrected chi connectivity index (χ4v) is 2.45. The van der Waals surface area contributed by atoms with Gasteiger partial charge in [-0.05, 0) is 30.5 Å². The molecule has 0 spiro atoms. The monoisotopic (exact) mass is 280 g/mol. The van der Waals surface area contributed by atoms with E-state index >= 15 is 0 Å². The fraction of sp³-hybridized carbons (Fsp3) is 0.429. The SMILES string of the molecule is N#CC(c1ccc(F)c(F)c1)N1CCC(C(=O)O)CC1. The molecule has 1 atom stereocenters. The van der Waals surface area contributed by atoms with E-state index in [0.717, 1.165) is 12.1 Å². The predicted octanol–water partition coefficient (Wildman–Crippen LogP) is 2.33. The standard InChI is InChI=1S/C14H14F2N2O2/c15-11-2-1-10(7-12(11)16)13(8-17)18-5-3-9(4-6-18)14(19)20/h1-2,7,9,13H,3-6H2,(H,19,20). The lowest BCUT2D eigenvalue weighted by Gasteiger charge is -2.33. The van der Waals surface area contributed by atoms with Gasteiger partial charge in [0.25, 0.3) is 0 Å². The number of piperidine rings is 1. The number of benzene rings is 1. The summed E-state index contributed by atoms with van der Waals surface area (Å²) in [4.78, 5) is 12.7. The third kappa shape index (κ3) is 2.94. The molecule has 6 heteroatoms. The molecule has 1 N–H and O–H groups in total. The van der Waals surface area contributed by atoms with E-state index in [2.05, 4.69) is 6.07 Å². The Bertz CT molecular complexity index is 549. The summed E-state index contributed by atoms with van der Waals surface area (Å²) in [6.07, 6.45) is 0.911. The molecule has 106 valence electrons. The minimum absolute atomic E-state index is 0.389. The highest BCUT2D eigenvalue weighted by atomic mass is 19.2. The van der Waals surface area contributed by atoms with Crippen molar-refractivity contribution in [2.75, 3.05) is 13.1 Å². The van der Waals surface area contributed by atoms with Crippen molar-refractivity contribution in [1.29, 1.82) is 5.26 Å². The average Bonchev–Trinajstić information content (AvgIpc) is 2.44. The number of aliphatic carboxylic acids is 1. The maximum absolute atomic E-state index is 13.2. The van der Waals surface area contributed by atoms with Crippen LogP contribution in [0.15, 0.2) is 18.2 Å². The Morgan fingerprint density at radius 1 is 1.35 bits per heavy atom. The smallest absolute Gasteiger partial charge is 0.306 e. The molecule has 0 amide bonds. The van der Waals surface area contributed by atoms with Gasteiger partial charge in [-0.2, -0.15) is 5.26 Å². The van der Waals surface area contributed by atoms with Gasteiger partial charge in [-0.15, -0.1) is 0 Å². The molecule has 1 aromatic carbocycles. The van der Waals surface area contributed by atoms with Gasteiger partial charge in [0, 0.05) is 13.1 Å². The molecule has 1 heterocycles. The van der Waals surface area contributed by atoms with Gasteiger partial charge in [-0.25, -0.2) is 8.78 Å². The van der Waals surface area contributed by atoms with Crippen LogP contribution in [-0.2, 0) is 4.79 Å². The Balaban J connectivity index is 2.12.